The molecule has 0 radical (unpaired) electrons. The van der Waals surface area contributed by atoms with E-state index >= 15 is 0 Å². The number of rotatable bonds is 2. The number of nitrogens with zero attached hydrogens (tertiary/aromatic N) is 1. The number of aromatic nitrogens is 1. The van der Waals surface area contributed by atoms with E-state index in [1.54, 1.807) is 24.3 Å². The van der Waals surface area contributed by atoms with Crippen LogP contribution in [0.2, 0.25) is 0 Å². The Kier molecular flexibility index (Phi) is 2.33. The van der Waals surface area contributed by atoms with E-state index in [0.29, 0.717) is 11.1 Å². The van der Waals surface area contributed by atoms with Gasteiger partial charge in [-0.05, 0) is 43.9 Å². The van der Waals surface area contributed by atoms with Gasteiger partial charge in [-0.25, -0.2) is 4.57 Å². The van der Waals surface area contributed by atoms with Crippen molar-refractivity contribution in [1.82, 2.24) is 0 Å². The van der Waals surface area contributed by atoms with Crippen LogP contribution in [-0.4, -0.2) is 0 Å². The highest BCUT2D eigenvalue weighted by atomic mass is 14.9. The summed E-state index contributed by atoms with van der Waals surface area (Å²) in [6.45, 7) is -2.31. The van der Waals surface area contributed by atoms with Gasteiger partial charge in [-0.3, -0.25) is 0 Å². The van der Waals surface area contributed by atoms with Crippen LogP contribution in [0.5, 0.6) is 0 Å². The number of aryl methyl sites for hydroxylation is 4. The molecule has 0 aliphatic carbocycles. The van der Waals surface area contributed by atoms with E-state index in [2.05, 4.69) is 0 Å². The first kappa shape index (κ1) is 8.89. The lowest BCUT2D eigenvalue weighted by molar-refractivity contribution is -0.659. The zero-order valence-corrected chi connectivity index (χ0v) is 12.7. The van der Waals surface area contributed by atoms with Gasteiger partial charge in [0, 0.05) is 25.4 Å². The topological polar surface area (TPSA) is 3.88 Å². The molecule has 3 rings (SSSR count). The second-order valence-electron chi connectivity index (χ2n) is 5.52. The predicted molar refractivity (Wildman–Crippen MR) is 92.7 cm³/mol. The van der Waals surface area contributed by atoms with Crippen LogP contribution >= 0.6 is 0 Å². The number of benzene rings is 2. The van der Waals surface area contributed by atoms with Crippen molar-refractivity contribution in [1.29, 1.82) is 0 Å². The van der Waals surface area contributed by atoms with Gasteiger partial charge >= 0.3 is 0 Å². The molecule has 1 nitrogen and oxygen atoms in total. The molecule has 0 aliphatic heterocycles. The minimum atomic E-state index is -2.11. The fourth-order valence-corrected chi connectivity index (χ4v) is 2.67. The highest BCUT2D eigenvalue weighted by Gasteiger charge is 2.13. The monoisotopic (exact) mass is 294 g/mol. The van der Waals surface area contributed by atoms with Crippen LogP contribution in [0.15, 0.2) is 60.8 Å². The maximum absolute atomic E-state index is 7.56. The summed E-state index contributed by atoms with van der Waals surface area (Å²) in [4.78, 5) is 0. The Morgan fingerprint density at radius 1 is 0.818 bits per heavy atom. The van der Waals surface area contributed by atoms with Crippen molar-refractivity contribution in [3.05, 3.63) is 77.5 Å². The van der Waals surface area contributed by atoms with Gasteiger partial charge in [-0.2, -0.15) is 0 Å². The molecule has 1 heteroatoms. The predicted octanol–water partition coefficient (Wildman–Crippen LogP) is 4.77. The normalized spacial score (nSPS) is 15.9. The molecule has 0 amide bonds. The van der Waals surface area contributed by atoms with Crippen molar-refractivity contribution in [3.8, 4) is 22.4 Å². The van der Waals surface area contributed by atoms with Gasteiger partial charge in [-0.1, -0.05) is 47.5 Å². The third-order valence-corrected chi connectivity index (χ3v) is 3.85. The molecule has 0 aliphatic rings. The second-order valence-corrected chi connectivity index (χ2v) is 5.52. The zero-order valence-electron chi connectivity index (χ0n) is 18.7. The molecule has 1 aromatic heterocycles. The van der Waals surface area contributed by atoms with Crippen LogP contribution in [0.1, 0.15) is 24.9 Å². The molecular formula is C21H22N+. The van der Waals surface area contributed by atoms with Gasteiger partial charge in [-0.15, -0.1) is 0 Å². The molecule has 2 aromatic carbocycles. The molecule has 0 saturated heterocycles. The van der Waals surface area contributed by atoms with Gasteiger partial charge in [0.05, 0.1) is 0 Å². The first-order valence-electron chi connectivity index (χ1n) is 10.2. The van der Waals surface area contributed by atoms with Crippen molar-refractivity contribution < 1.29 is 12.8 Å². The Balaban J connectivity index is 1.95. The van der Waals surface area contributed by atoms with E-state index in [9.17, 15) is 0 Å². The van der Waals surface area contributed by atoms with Crippen LogP contribution in [0.4, 0.5) is 0 Å². The van der Waals surface area contributed by atoms with Crippen LogP contribution in [0.3, 0.4) is 0 Å². The van der Waals surface area contributed by atoms with Crippen molar-refractivity contribution in [2.45, 2.75) is 20.6 Å². The fourth-order valence-electron chi connectivity index (χ4n) is 2.67. The maximum Gasteiger partial charge on any atom is 0.212 e. The first-order chi connectivity index (χ1) is 13.0. The largest absolute Gasteiger partial charge is 0.212 e. The molecule has 1 heterocycles. The average molecular weight is 294 g/mol. The van der Waals surface area contributed by atoms with Gasteiger partial charge in [0.25, 0.3) is 0 Å². The van der Waals surface area contributed by atoms with Crippen molar-refractivity contribution in [2.24, 2.45) is 7.05 Å². The Hall–Kier alpha value is -2.41. The van der Waals surface area contributed by atoms with Crippen LogP contribution in [0, 0.1) is 20.6 Å². The quantitative estimate of drug-likeness (QED) is 0.599. The lowest BCUT2D eigenvalue weighted by atomic mass is 10.0. The molecule has 110 valence electrons. The summed E-state index contributed by atoms with van der Waals surface area (Å²) in [6.07, 6.45) is 1.98. The molecule has 0 bridgehead atoms. The number of hydrogen-bond acceptors (Lipinski definition) is 0. The Bertz CT molecular complexity index is 1000. The van der Waals surface area contributed by atoms with Crippen LogP contribution in [-0.2, 0) is 7.05 Å². The lowest BCUT2D eigenvalue weighted by Crippen LogP contribution is -2.30. The van der Waals surface area contributed by atoms with Crippen molar-refractivity contribution in [2.75, 3.05) is 0 Å². The van der Waals surface area contributed by atoms with E-state index < -0.39 is 13.7 Å². The summed E-state index contributed by atoms with van der Waals surface area (Å²) in [5.41, 5.74) is 5.41. The van der Waals surface area contributed by atoms with Gasteiger partial charge in [0.1, 0.15) is 7.05 Å². The third kappa shape index (κ3) is 2.80. The standard InChI is InChI=1S/C21H22N/c1-15-5-8-18(9-6-15)19-10-12-21(22(4)14-19)20-11-7-16(2)13-17(20)3/h5-14H,1-4H3/q+1/i1D3,2D3. The SMILES string of the molecule is [2H]C([2H])([2H])c1ccc(-c2ccc(-c3ccc(C([2H])([2H])[2H])cc3C)[n+](C)c2)cc1. The average Bonchev–Trinajstić information content (AvgIpc) is 2.60. The fraction of sp³-hybridized carbons (Fsp3) is 0.190. The minimum Gasteiger partial charge on any atom is -0.200 e. The zero-order chi connectivity index (χ0) is 20.7. The van der Waals surface area contributed by atoms with Gasteiger partial charge in [0.2, 0.25) is 5.69 Å². The number of hydrogen-bond donors (Lipinski definition) is 0. The van der Waals surface area contributed by atoms with E-state index in [0.717, 1.165) is 27.9 Å². The molecule has 0 atom stereocenters. The van der Waals surface area contributed by atoms with E-state index in [-0.39, 0.29) is 0 Å². The van der Waals surface area contributed by atoms with Crippen molar-refractivity contribution >= 4 is 0 Å². The van der Waals surface area contributed by atoms with Crippen LogP contribution < -0.4 is 4.57 Å². The second kappa shape index (κ2) is 5.76. The summed E-state index contributed by atoms with van der Waals surface area (Å²) < 4.78 is 47.1. The summed E-state index contributed by atoms with van der Waals surface area (Å²) in [5.74, 6) is 0. The van der Waals surface area contributed by atoms with Crippen LogP contribution in [0.25, 0.3) is 22.4 Å². The van der Waals surface area contributed by atoms with E-state index in [1.807, 2.05) is 55.1 Å². The summed E-state index contributed by atoms with van der Waals surface area (Å²) in [5, 5.41) is 0. The highest BCUT2D eigenvalue weighted by molar-refractivity contribution is 5.66. The molecule has 0 spiro atoms. The number of pyridine rings is 1. The van der Waals surface area contributed by atoms with Crippen molar-refractivity contribution in [3.63, 3.8) is 0 Å². The lowest BCUT2D eigenvalue weighted by Gasteiger charge is -2.07. The molecule has 0 unspecified atom stereocenters. The molecule has 0 N–H and O–H groups in total. The van der Waals surface area contributed by atoms with E-state index in [1.165, 1.54) is 0 Å². The molecule has 22 heavy (non-hydrogen) atoms. The molecular weight excluding hydrogens is 266 g/mol. The summed E-state index contributed by atoms with van der Waals surface area (Å²) in [7, 11) is 1.94. The smallest absolute Gasteiger partial charge is 0.200 e. The third-order valence-electron chi connectivity index (χ3n) is 3.85. The van der Waals surface area contributed by atoms with E-state index in [4.69, 9.17) is 8.22 Å². The highest BCUT2D eigenvalue weighted by Crippen LogP contribution is 2.24. The van der Waals surface area contributed by atoms with Gasteiger partial charge < -0.3 is 0 Å². The molecule has 0 saturated carbocycles. The Labute approximate surface area is 141 Å². The summed E-state index contributed by atoms with van der Waals surface area (Å²) >= 11 is 0. The summed E-state index contributed by atoms with van der Waals surface area (Å²) in [6, 6.07) is 16.1. The minimum absolute atomic E-state index is 0.321. The Morgan fingerprint density at radius 3 is 2.14 bits per heavy atom. The first-order valence-corrected chi connectivity index (χ1v) is 7.19. The molecule has 3 aromatic rings. The van der Waals surface area contributed by atoms with Gasteiger partial charge in [0.15, 0.2) is 6.20 Å². The Morgan fingerprint density at radius 2 is 1.50 bits per heavy atom. The maximum atomic E-state index is 7.56. The molecule has 0 fully saturated rings.